The summed E-state index contributed by atoms with van der Waals surface area (Å²) in [6.07, 6.45) is -7.00. The van der Waals surface area contributed by atoms with Crippen molar-refractivity contribution >= 4 is 5.78 Å². The lowest BCUT2D eigenvalue weighted by atomic mass is 9.52. The van der Waals surface area contributed by atoms with Gasteiger partial charge in [-0.1, -0.05) is 6.92 Å². The molecule has 7 heterocycles. The summed E-state index contributed by atoms with van der Waals surface area (Å²) >= 11 is 0. The first kappa shape index (κ1) is 58.1. The number of ether oxygens (including phenoxy) is 16. The molecule has 76 heavy (non-hydrogen) atoms. The summed E-state index contributed by atoms with van der Waals surface area (Å²) in [5.74, 6) is 0.623. The summed E-state index contributed by atoms with van der Waals surface area (Å²) in [5.41, 5.74) is -0.454. The minimum absolute atomic E-state index is 0.00865. The average Bonchev–Trinajstić information content (AvgIpc) is 3.98. The molecule has 21 nitrogen and oxygen atoms in total. The van der Waals surface area contributed by atoms with Crippen molar-refractivity contribution in [2.75, 3.05) is 35.0 Å². The predicted octanol–water partition coefficient (Wildman–Crippen LogP) is 3.42. The average molecular weight is 1090 g/mol. The van der Waals surface area contributed by atoms with Crippen molar-refractivity contribution in [2.45, 2.75) is 279 Å². The van der Waals surface area contributed by atoms with Crippen LogP contribution in [-0.4, -0.2) is 214 Å². The van der Waals surface area contributed by atoms with E-state index in [0.29, 0.717) is 37.4 Å². The molecule has 0 radical (unpaired) electrons. The van der Waals surface area contributed by atoms with Crippen LogP contribution in [0.1, 0.15) is 126 Å². The highest BCUT2D eigenvalue weighted by molar-refractivity contribution is 5.88. The zero-order chi connectivity index (χ0) is 54.2. The molecule has 436 valence electrons. The predicted molar refractivity (Wildman–Crippen MR) is 264 cm³/mol. The van der Waals surface area contributed by atoms with Crippen LogP contribution in [0.15, 0.2) is 0 Å². The summed E-state index contributed by atoms with van der Waals surface area (Å²) in [7, 11) is 6.50. The van der Waals surface area contributed by atoms with E-state index >= 15 is 0 Å². The van der Waals surface area contributed by atoms with E-state index in [0.717, 1.165) is 44.9 Å². The first-order valence-corrected chi connectivity index (χ1v) is 28.5. The lowest BCUT2D eigenvalue weighted by Gasteiger charge is -2.57. The fourth-order valence-electron chi connectivity index (χ4n) is 15.8. The van der Waals surface area contributed by atoms with Gasteiger partial charge in [-0.15, -0.1) is 0 Å². The Labute approximate surface area is 448 Å². The van der Waals surface area contributed by atoms with Gasteiger partial charge in [-0.3, -0.25) is 4.79 Å². The standard InChI is InChI=1S/C55H90O21/c1-25-32-12-13-39(57)54(32,7)40-23-38-53(6)16-15-31(18-30(53)14-17-55(38,75-25)76-40)69-41-19-33(61-8)48(26(2)65-41)71-42-20-34(62-9)49(27(3)66-42)72-43-21-35(63-10)50(28(4)67-43)73-44-22-36(64-11)51(29(5)68-44)74-52-47(60)46(59)45(58)37(24-56)70-52/h25-38,40-52,56,58-60H,12-24H2,1-11H3/t25-,26+,27+,28+,29+,30-,31-,32-,33+,34-,35+,36+,37+,38+,40+,41-,42-,43-,44-,45+,46-,47+,48+,49+,50+,51+,52-,53-,54+,55-/m0/s1. The van der Waals surface area contributed by atoms with Crippen LogP contribution in [-0.2, 0) is 80.6 Å². The Hall–Kier alpha value is -1.13. The van der Waals surface area contributed by atoms with Crippen molar-refractivity contribution in [3.05, 3.63) is 0 Å². The molecular formula is C55H90O21. The third-order valence-corrected chi connectivity index (χ3v) is 20.2. The van der Waals surface area contributed by atoms with Crippen molar-refractivity contribution in [1.82, 2.24) is 0 Å². The van der Waals surface area contributed by atoms with E-state index in [-0.39, 0.29) is 54.2 Å². The second-order valence-corrected chi connectivity index (χ2v) is 24.4. The van der Waals surface area contributed by atoms with Gasteiger partial charge in [0.05, 0.1) is 79.2 Å². The minimum atomic E-state index is -1.59. The third kappa shape index (κ3) is 10.7. The van der Waals surface area contributed by atoms with E-state index in [1.165, 1.54) is 7.11 Å². The molecule has 10 rings (SSSR count). The topological polar surface area (TPSA) is 246 Å². The highest BCUT2D eigenvalue weighted by Gasteiger charge is 2.70. The molecule has 3 aliphatic carbocycles. The van der Waals surface area contributed by atoms with Crippen LogP contribution in [0.25, 0.3) is 0 Å². The Morgan fingerprint density at radius 1 is 0.539 bits per heavy atom. The van der Waals surface area contributed by atoms with Gasteiger partial charge >= 0.3 is 0 Å². The van der Waals surface area contributed by atoms with Gasteiger partial charge in [0.25, 0.3) is 0 Å². The molecule has 1 spiro atoms. The number of aliphatic hydroxyl groups is 4. The van der Waals surface area contributed by atoms with Crippen LogP contribution in [0.2, 0.25) is 0 Å². The Bertz CT molecular complexity index is 1950. The molecule has 3 saturated carbocycles. The molecule has 4 N–H and O–H groups in total. The number of aliphatic hydroxyl groups excluding tert-OH is 4. The molecule has 10 fully saturated rings. The molecule has 0 aromatic carbocycles. The second kappa shape index (κ2) is 23.3. The lowest BCUT2D eigenvalue weighted by molar-refractivity contribution is -0.359. The van der Waals surface area contributed by atoms with E-state index in [1.54, 1.807) is 28.3 Å². The number of methoxy groups -OCH3 is 4. The molecule has 30 atom stereocenters. The molecule has 0 amide bonds. The Morgan fingerprint density at radius 2 is 1.03 bits per heavy atom. The Morgan fingerprint density at radius 3 is 1.51 bits per heavy atom. The number of rotatable bonds is 15. The fourth-order valence-corrected chi connectivity index (χ4v) is 15.8. The number of fused-ring (bicyclic) bond motifs is 5. The van der Waals surface area contributed by atoms with Gasteiger partial charge in [0.1, 0.15) is 54.6 Å². The largest absolute Gasteiger partial charge is 0.394 e. The van der Waals surface area contributed by atoms with E-state index in [4.69, 9.17) is 75.8 Å². The normalized spacial score (nSPS) is 54.6. The number of carbonyl (C=O) groups is 1. The first-order chi connectivity index (χ1) is 36.3. The zero-order valence-corrected chi connectivity index (χ0v) is 46.5. The number of carbonyl (C=O) groups excluding carboxylic acids is 1. The van der Waals surface area contributed by atoms with Gasteiger partial charge in [-0.25, -0.2) is 0 Å². The monoisotopic (exact) mass is 1090 g/mol. The molecular weight excluding hydrogens is 997 g/mol. The molecule has 7 aliphatic heterocycles. The third-order valence-electron chi connectivity index (χ3n) is 20.2. The van der Waals surface area contributed by atoms with Crippen LogP contribution in [0.5, 0.6) is 0 Å². The summed E-state index contributed by atoms with van der Waals surface area (Å²) in [6.45, 7) is 13.8. The van der Waals surface area contributed by atoms with Gasteiger partial charge < -0.3 is 96.2 Å². The number of Topliss-reactive ketones (excluding diaryl/α,β-unsaturated/α-hetero) is 1. The molecule has 7 saturated heterocycles. The van der Waals surface area contributed by atoms with Crippen LogP contribution < -0.4 is 0 Å². The summed E-state index contributed by atoms with van der Waals surface area (Å²) in [6, 6.07) is 0. The quantitative estimate of drug-likeness (QED) is 0.172. The van der Waals surface area contributed by atoms with Crippen LogP contribution in [0.4, 0.5) is 0 Å². The first-order valence-electron chi connectivity index (χ1n) is 28.5. The summed E-state index contributed by atoms with van der Waals surface area (Å²) < 4.78 is 102. The van der Waals surface area contributed by atoms with Crippen molar-refractivity contribution in [3.8, 4) is 0 Å². The van der Waals surface area contributed by atoms with Gasteiger partial charge in [-0.2, -0.15) is 0 Å². The maximum Gasteiger partial charge on any atom is 0.187 e. The van der Waals surface area contributed by atoms with E-state index in [2.05, 4.69) is 20.8 Å². The van der Waals surface area contributed by atoms with Gasteiger partial charge in [0.2, 0.25) is 0 Å². The maximum atomic E-state index is 13.4. The van der Waals surface area contributed by atoms with Crippen molar-refractivity contribution < 1.29 is 101 Å². The van der Waals surface area contributed by atoms with E-state index in [1.807, 2.05) is 20.8 Å². The van der Waals surface area contributed by atoms with Gasteiger partial charge in [-0.05, 0) is 91.4 Å². The van der Waals surface area contributed by atoms with Gasteiger partial charge in [0.15, 0.2) is 37.2 Å². The Kier molecular flexibility index (Phi) is 17.8. The highest BCUT2D eigenvalue weighted by atomic mass is 16.8. The minimum Gasteiger partial charge on any atom is -0.394 e. The summed E-state index contributed by atoms with van der Waals surface area (Å²) in [5, 5.41) is 40.8. The molecule has 0 unspecified atom stereocenters. The zero-order valence-electron chi connectivity index (χ0n) is 46.5. The van der Waals surface area contributed by atoms with Crippen molar-refractivity contribution in [1.29, 1.82) is 0 Å². The molecule has 2 bridgehead atoms. The van der Waals surface area contributed by atoms with E-state index in [9.17, 15) is 25.2 Å². The van der Waals surface area contributed by atoms with Gasteiger partial charge in [0, 0.05) is 78.8 Å². The molecule has 0 aromatic heterocycles. The SMILES string of the molecule is CO[C@H]1C[C@H](O[C@@H]2[C@@H](C)O[C@@H](O[C@H]3CC[C@@]4(C)[C@@H](CC[C@@]56O[C@@H](C)[C@@H]7CCC(=O)[C@]7(C)[C@@H](C[C@@H]54)O6)C3)C[C@H]2OC)O[C@H](C)[C@H]1O[C@H]1C[C@@H](OC)[C@H](O[C@H]2C[C@@H](OC)[C@H](O[C@@H]3O[C@H](CO)[C@@H](O)[C@H](O)[C@H]3O)[C@@H](C)O2)[C@@H](C)O1. The number of hydrogen-bond donors (Lipinski definition) is 4. The van der Waals surface area contributed by atoms with E-state index < -0.39 is 135 Å². The number of ketones is 1. The van der Waals surface area contributed by atoms with Crippen LogP contribution in [0.3, 0.4) is 0 Å². The maximum absolute atomic E-state index is 13.4. The highest BCUT2D eigenvalue weighted by Crippen LogP contribution is 2.67. The van der Waals surface area contributed by atoms with Crippen molar-refractivity contribution in [3.63, 3.8) is 0 Å². The molecule has 10 aliphatic rings. The number of hydrogen-bond acceptors (Lipinski definition) is 21. The smallest absolute Gasteiger partial charge is 0.187 e. The Balaban J connectivity index is 0.692. The summed E-state index contributed by atoms with van der Waals surface area (Å²) in [4.78, 5) is 13.4. The van der Waals surface area contributed by atoms with Crippen molar-refractivity contribution in [2.24, 2.45) is 28.6 Å². The molecule has 0 aromatic rings. The van der Waals surface area contributed by atoms with Crippen LogP contribution in [0, 0.1) is 28.6 Å². The van der Waals surface area contributed by atoms with Crippen LogP contribution >= 0.6 is 0 Å². The fraction of sp³-hybridized carbons (Fsp3) is 0.982. The second-order valence-electron chi connectivity index (χ2n) is 24.4. The lowest BCUT2D eigenvalue weighted by Crippen LogP contribution is -2.62. The molecule has 21 heteroatoms.